The van der Waals surface area contributed by atoms with Crippen LogP contribution in [0.15, 0.2) is 42.5 Å². The highest BCUT2D eigenvalue weighted by molar-refractivity contribution is 6.32. The molecular weight excluding hydrogens is 282 g/mol. The Hall–Kier alpha value is -1.51. The Morgan fingerprint density at radius 3 is 2.57 bits per heavy atom. The van der Waals surface area contributed by atoms with Crippen LogP contribution in [0, 0.1) is 6.92 Å². The zero-order valence-electron chi connectivity index (χ0n) is 12.8. The number of aryl methyl sites for hydroxylation is 1. The molecular formula is C18H22ClNO. The third kappa shape index (κ3) is 4.76. The van der Waals surface area contributed by atoms with Crippen LogP contribution in [0.5, 0.6) is 5.75 Å². The van der Waals surface area contributed by atoms with Gasteiger partial charge in [0.15, 0.2) is 0 Å². The topological polar surface area (TPSA) is 21.3 Å². The van der Waals surface area contributed by atoms with E-state index in [4.69, 9.17) is 16.3 Å². The highest BCUT2D eigenvalue weighted by Gasteiger charge is 2.05. The van der Waals surface area contributed by atoms with E-state index in [1.165, 1.54) is 11.1 Å². The normalized spacial score (nSPS) is 10.9. The molecule has 0 radical (unpaired) electrons. The fourth-order valence-electron chi connectivity index (χ4n) is 2.02. The van der Waals surface area contributed by atoms with Crippen LogP contribution in [0.1, 0.15) is 30.5 Å². The number of hydrogen-bond acceptors (Lipinski definition) is 2. The van der Waals surface area contributed by atoms with Gasteiger partial charge in [-0.15, -0.1) is 0 Å². The third-order valence-electron chi connectivity index (χ3n) is 3.36. The van der Waals surface area contributed by atoms with Crippen molar-refractivity contribution in [2.45, 2.75) is 40.0 Å². The number of ether oxygens (including phenoxy) is 1. The lowest BCUT2D eigenvalue weighted by Gasteiger charge is -2.12. The highest BCUT2D eigenvalue weighted by Crippen LogP contribution is 2.26. The molecule has 2 rings (SSSR count). The van der Waals surface area contributed by atoms with Crippen molar-refractivity contribution in [2.75, 3.05) is 0 Å². The fourth-order valence-corrected chi connectivity index (χ4v) is 2.28. The summed E-state index contributed by atoms with van der Waals surface area (Å²) in [5.74, 6) is 0.730. The second-order valence-corrected chi connectivity index (χ2v) is 5.92. The monoisotopic (exact) mass is 303 g/mol. The highest BCUT2D eigenvalue weighted by atomic mass is 35.5. The molecule has 0 unspecified atom stereocenters. The Bertz CT molecular complexity index is 596. The van der Waals surface area contributed by atoms with E-state index in [1.54, 1.807) is 0 Å². The van der Waals surface area contributed by atoms with Crippen LogP contribution in [-0.4, -0.2) is 6.04 Å². The molecule has 0 aromatic heterocycles. The molecule has 2 aromatic rings. The Morgan fingerprint density at radius 2 is 1.90 bits per heavy atom. The van der Waals surface area contributed by atoms with Crippen LogP contribution >= 0.6 is 11.6 Å². The number of nitrogens with one attached hydrogen (secondary N) is 1. The van der Waals surface area contributed by atoms with Crippen molar-refractivity contribution in [3.63, 3.8) is 0 Å². The van der Waals surface area contributed by atoms with Gasteiger partial charge in [-0.05, 0) is 35.7 Å². The second-order valence-electron chi connectivity index (χ2n) is 5.52. The van der Waals surface area contributed by atoms with Crippen LogP contribution in [0.3, 0.4) is 0 Å². The van der Waals surface area contributed by atoms with Crippen molar-refractivity contribution in [2.24, 2.45) is 0 Å². The van der Waals surface area contributed by atoms with Gasteiger partial charge >= 0.3 is 0 Å². The van der Waals surface area contributed by atoms with Gasteiger partial charge in [0.05, 0.1) is 5.02 Å². The molecule has 2 aromatic carbocycles. The predicted molar refractivity (Wildman–Crippen MR) is 88.9 cm³/mol. The first-order valence-electron chi connectivity index (χ1n) is 7.25. The molecule has 0 fully saturated rings. The maximum absolute atomic E-state index is 6.30. The molecule has 0 aliphatic heterocycles. The van der Waals surface area contributed by atoms with Gasteiger partial charge in [0.1, 0.15) is 12.4 Å². The van der Waals surface area contributed by atoms with Crippen LogP contribution in [-0.2, 0) is 13.2 Å². The van der Waals surface area contributed by atoms with Gasteiger partial charge in [-0.25, -0.2) is 0 Å². The summed E-state index contributed by atoms with van der Waals surface area (Å²) in [6.07, 6.45) is 0. The smallest absolute Gasteiger partial charge is 0.138 e. The summed E-state index contributed by atoms with van der Waals surface area (Å²) < 4.78 is 5.83. The first-order chi connectivity index (χ1) is 10.1. The maximum atomic E-state index is 6.30. The quantitative estimate of drug-likeness (QED) is 0.833. The molecule has 0 spiro atoms. The predicted octanol–water partition coefficient (Wildman–Crippen LogP) is 4.73. The van der Waals surface area contributed by atoms with E-state index in [0.29, 0.717) is 17.7 Å². The summed E-state index contributed by atoms with van der Waals surface area (Å²) in [4.78, 5) is 0. The molecule has 0 bridgehead atoms. The van der Waals surface area contributed by atoms with E-state index >= 15 is 0 Å². The minimum Gasteiger partial charge on any atom is -0.487 e. The molecule has 0 aliphatic carbocycles. The van der Waals surface area contributed by atoms with Gasteiger partial charge in [-0.2, -0.15) is 0 Å². The fraction of sp³-hybridized carbons (Fsp3) is 0.333. The van der Waals surface area contributed by atoms with Crippen molar-refractivity contribution >= 4 is 11.6 Å². The average Bonchev–Trinajstić information content (AvgIpc) is 2.45. The standard InChI is InChI=1S/C18H22ClNO/c1-13(2)20-11-15-8-9-18(17(19)10-15)21-12-16-7-5-4-6-14(16)3/h4-10,13,20H,11-12H2,1-3H3. The third-order valence-corrected chi connectivity index (χ3v) is 3.65. The Labute approximate surface area is 132 Å². The number of benzene rings is 2. The second kappa shape index (κ2) is 7.48. The first-order valence-corrected chi connectivity index (χ1v) is 7.63. The van der Waals surface area contributed by atoms with Crippen molar-refractivity contribution in [3.8, 4) is 5.75 Å². The Morgan fingerprint density at radius 1 is 1.14 bits per heavy atom. The Kier molecular flexibility index (Phi) is 5.66. The van der Waals surface area contributed by atoms with Crippen molar-refractivity contribution in [1.29, 1.82) is 0 Å². The molecule has 0 aliphatic rings. The number of rotatable bonds is 6. The van der Waals surface area contributed by atoms with Crippen molar-refractivity contribution < 1.29 is 4.74 Å². The largest absolute Gasteiger partial charge is 0.487 e. The van der Waals surface area contributed by atoms with Crippen LogP contribution in [0.25, 0.3) is 0 Å². The van der Waals surface area contributed by atoms with Gasteiger partial charge in [0.2, 0.25) is 0 Å². The summed E-state index contributed by atoms with van der Waals surface area (Å²) in [6.45, 7) is 7.69. The van der Waals surface area contributed by atoms with E-state index in [0.717, 1.165) is 17.9 Å². The molecule has 0 atom stereocenters. The number of hydrogen-bond donors (Lipinski definition) is 1. The zero-order chi connectivity index (χ0) is 15.2. The lowest BCUT2D eigenvalue weighted by molar-refractivity contribution is 0.305. The van der Waals surface area contributed by atoms with E-state index in [2.05, 4.69) is 44.3 Å². The van der Waals surface area contributed by atoms with E-state index in [9.17, 15) is 0 Å². The van der Waals surface area contributed by atoms with Gasteiger partial charge in [-0.1, -0.05) is 55.8 Å². The van der Waals surface area contributed by atoms with Crippen LogP contribution < -0.4 is 10.1 Å². The van der Waals surface area contributed by atoms with Crippen LogP contribution in [0.4, 0.5) is 0 Å². The molecule has 2 nitrogen and oxygen atoms in total. The molecule has 0 saturated heterocycles. The molecule has 112 valence electrons. The SMILES string of the molecule is Cc1ccccc1COc1ccc(CNC(C)C)cc1Cl. The maximum Gasteiger partial charge on any atom is 0.138 e. The summed E-state index contributed by atoms with van der Waals surface area (Å²) in [6, 6.07) is 14.6. The van der Waals surface area contributed by atoms with Crippen molar-refractivity contribution in [3.05, 3.63) is 64.2 Å². The minimum atomic E-state index is 0.459. The summed E-state index contributed by atoms with van der Waals surface area (Å²) in [5.41, 5.74) is 3.57. The average molecular weight is 304 g/mol. The molecule has 21 heavy (non-hydrogen) atoms. The van der Waals surface area contributed by atoms with Gasteiger partial charge in [0, 0.05) is 12.6 Å². The van der Waals surface area contributed by atoms with Gasteiger partial charge in [-0.3, -0.25) is 0 Å². The molecule has 0 saturated carbocycles. The molecule has 3 heteroatoms. The van der Waals surface area contributed by atoms with Crippen LogP contribution in [0.2, 0.25) is 5.02 Å². The molecule has 0 heterocycles. The Balaban J connectivity index is 1.99. The molecule has 1 N–H and O–H groups in total. The van der Waals surface area contributed by atoms with E-state index < -0.39 is 0 Å². The van der Waals surface area contributed by atoms with E-state index in [-0.39, 0.29) is 0 Å². The lowest BCUT2D eigenvalue weighted by Crippen LogP contribution is -2.21. The minimum absolute atomic E-state index is 0.459. The van der Waals surface area contributed by atoms with E-state index in [1.807, 2.05) is 24.3 Å². The number of halogens is 1. The van der Waals surface area contributed by atoms with Gasteiger partial charge in [0.25, 0.3) is 0 Å². The first kappa shape index (κ1) is 15.9. The summed E-state index contributed by atoms with van der Waals surface area (Å²) >= 11 is 6.30. The molecule has 0 amide bonds. The lowest BCUT2D eigenvalue weighted by atomic mass is 10.1. The summed E-state index contributed by atoms with van der Waals surface area (Å²) in [7, 11) is 0. The van der Waals surface area contributed by atoms with Crippen molar-refractivity contribution in [1.82, 2.24) is 5.32 Å². The van der Waals surface area contributed by atoms with Gasteiger partial charge < -0.3 is 10.1 Å². The summed E-state index contributed by atoms with van der Waals surface area (Å²) in [5, 5.41) is 4.03. The zero-order valence-corrected chi connectivity index (χ0v) is 13.6.